The van der Waals surface area contributed by atoms with Gasteiger partial charge in [-0.3, -0.25) is 9.59 Å². The molecular weight excluding hydrogens is 276 g/mol. The smallest absolute Gasteiger partial charge is 0.237 e. The van der Waals surface area contributed by atoms with Crippen molar-refractivity contribution in [1.29, 1.82) is 0 Å². The Kier molecular flexibility index (Phi) is 2.57. The van der Waals surface area contributed by atoms with Crippen LogP contribution in [0, 0.1) is 6.92 Å². The lowest BCUT2D eigenvalue weighted by Gasteiger charge is -2.34. The van der Waals surface area contributed by atoms with Gasteiger partial charge in [-0.05, 0) is 48.8 Å². The molecule has 3 heteroatoms. The zero-order chi connectivity index (χ0) is 15.6. The largest absolute Gasteiger partial charge is 0.461 e. The fourth-order valence-corrected chi connectivity index (χ4v) is 3.95. The molecule has 1 aromatic carbocycles. The molecule has 0 fully saturated rings. The number of rotatable bonds is 0. The molecule has 2 aliphatic rings. The summed E-state index contributed by atoms with van der Waals surface area (Å²) in [5.74, 6) is 0.411. The van der Waals surface area contributed by atoms with Gasteiger partial charge in [-0.25, -0.2) is 0 Å². The van der Waals surface area contributed by atoms with E-state index in [1.807, 2.05) is 6.07 Å². The van der Waals surface area contributed by atoms with Crippen LogP contribution in [0.3, 0.4) is 0 Å². The van der Waals surface area contributed by atoms with E-state index in [-0.39, 0.29) is 11.2 Å². The molecule has 0 saturated heterocycles. The highest BCUT2D eigenvalue weighted by Crippen LogP contribution is 2.44. The molecule has 0 aliphatic heterocycles. The monoisotopic (exact) mass is 294 g/mol. The maximum absolute atomic E-state index is 12.7. The van der Waals surface area contributed by atoms with Crippen LogP contribution in [-0.4, -0.2) is 11.6 Å². The van der Waals surface area contributed by atoms with Gasteiger partial charge in [-0.1, -0.05) is 26.0 Å². The van der Waals surface area contributed by atoms with Gasteiger partial charge < -0.3 is 4.42 Å². The first-order valence-corrected chi connectivity index (χ1v) is 7.76. The highest BCUT2D eigenvalue weighted by atomic mass is 16.3. The first-order valence-electron chi connectivity index (χ1n) is 7.76. The number of hydrogen-bond acceptors (Lipinski definition) is 3. The minimum absolute atomic E-state index is 0.0469. The molecule has 0 radical (unpaired) electrons. The number of carbonyl (C=O) groups is 2. The number of aryl methyl sites for hydroxylation is 1. The van der Waals surface area contributed by atoms with Crippen molar-refractivity contribution in [2.45, 2.75) is 45.4 Å². The van der Waals surface area contributed by atoms with E-state index in [2.05, 4.69) is 19.9 Å². The third-order valence-corrected chi connectivity index (χ3v) is 5.05. The van der Waals surface area contributed by atoms with Crippen LogP contribution < -0.4 is 0 Å². The molecule has 0 N–H and O–H groups in total. The summed E-state index contributed by atoms with van der Waals surface area (Å²) < 4.78 is 5.72. The molecule has 1 aromatic heterocycles. The number of hydrogen-bond donors (Lipinski definition) is 0. The molecule has 0 bridgehead atoms. The van der Waals surface area contributed by atoms with Gasteiger partial charge >= 0.3 is 0 Å². The van der Waals surface area contributed by atoms with Crippen LogP contribution in [0.25, 0.3) is 11.3 Å². The Labute approximate surface area is 129 Å². The minimum Gasteiger partial charge on any atom is -0.461 e. The second-order valence-electron chi connectivity index (χ2n) is 7.01. The van der Waals surface area contributed by atoms with E-state index in [0.717, 1.165) is 30.4 Å². The van der Waals surface area contributed by atoms with Crippen molar-refractivity contribution in [3.05, 3.63) is 46.2 Å². The van der Waals surface area contributed by atoms with Crippen LogP contribution in [-0.2, 0) is 11.8 Å². The molecular formula is C19H18O3. The van der Waals surface area contributed by atoms with Crippen molar-refractivity contribution in [1.82, 2.24) is 0 Å². The highest BCUT2D eigenvalue weighted by molar-refractivity contribution is 6.53. The molecule has 1 heterocycles. The topological polar surface area (TPSA) is 47.3 Å². The second kappa shape index (κ2) is 4.19. The average molecular weight is 294 g/mol. The Balaban J connectivity index is 2.06. The Morgan fingerprint density at radius 1 is 1.09 bits per heavy atom. The second-order valence-corrected chi connectivity index (χ2v) is 7.01. The zero-order valence-corrected chi connectivity index (χ0v) is 13.1. The van der Waals surface area contributed by atoms with Gasteiger partial charge in [-0.15, -0.1) is 0 Å². The van der Waals surface area contributed by atoms with Crippen molar-refractivity contribution in [2.24, 2.45) is 0 Å². The van der Waals surface area contributed by atoms with E-state index in [0.29, 0.717) is 22.6 Å². The minimum atomic E-state index is -0.434. The summed E-state index contributed by atoms with van der Waals surface area (Å²) in [5, 5.41) is 0. The molecule has 0 unspecified atom stereocenters. The molecule has 0 atom stereocenters. The van der Waals surface area contributed by atoms with Gasteiger partial charge in [-0.2, -0.15) is 0 Å². The van der Waals surface area contributed by atoms with E-state index < -0.39 is 5.78 Å². The SMILES string of the molecule is Cc1cc2c(o1)-c1ccc3c(c1C(=O)C2=O)CCCC3(C)C. The third-order valence-electron chi connectivity index (χ3n) is 5.05. The fraction of sp³-hybridized carbons (Fsp3) is 0.368. The first kappa shape index (κ1) is 13.5. The maximum Gasteiger partial charge on any atom is 0.237 e. The molecule has 22 heavy (non-hydrogen) atoms. The van der Waals surface area contributed by atoms with Crippen molar-refractivity contribution >= 4 is 11.6 Å². The Morgan fingerprint density at radius 2 is 1.86 bits per heavy atom. The molecule has 0 saturated carbocycles. The Hall–Kier alpha value is -2.16. The van der Waals surface area contributed by atoms with Gasteiger partial charge in [0.25, 0.3) is 0 Å². The van der Waals surface area contributed by atoms with E-state index in [4.69, 9.17) is 4.42 Å². The molecule has 3 nitrogen and oxygen atoms in total. The standard InChI is InChI=1S/C19H18O3/c1-10-9-13-16(20)17(21)15-11-5-4-8-19(2,3)14(11)7-6-12(15)18(13)22-10/h6-7,9H,4-5,8H2,1-3H3. The van der Waals surface area contributed by atoms with Crippen molar-refractivity contribution in [3.63, 3.8) is 0 Å². The molecule has 0 spiro atoms. The van der Waals surface area contributed by atoms with Crippen molar-refractivity contribution < 1.29 is 14.0 Å². The van der Waals surface area contributed by atoms with E-state index in [1.165, 1.54) is 5.56 Å². The molecule has 0 amide bonds. The number of furan rings is 1. The summed E-state index contributed by atoms with van der Waals surface area (Å²) in [6.07, 6.45) is 3.00. The molecule has 2 aromatic rings. The van der Waals surface area contributed by atoms with Crippen molar-refractivity contribution in [2.75, 3.05) is 0 Å². The van der Waals surface area contributed by atoms with Crippen LogP contribution in [0.15, 0.2) is 22.6 Å². The third kappa shape index (κ3) is 1.62. The number of ketones is 2. The van der Waals surface area contributed by atoms with Gasteiger partial charge in [0.05, 0.1) is 5.56 Å². The van der Waals surface area contributed by atoms with Gasteiger partial charge in [0.1, 0.15) is 11.5 Å². The highest BCUT2D eigenvalue weighted by Gasteiger charge is 2.38. The van der Waals surface area contributed by atoms with Crippen LogP contribution in [0.4, 0.5) is 0 Å². The van der Waals surface area contributed by atoms with Gasteiger partial charge in [0.2, 0.25) is 11.6 Å². The molecule has 2 aliphatic carbocycles. The summed E-state index contributed by atoms with van der Waals surface area (Å²) in [7, 11) is 0. The lowest BCUT2D eigenvalue weighted by Crippen LogP contribution is -2.29. The molecule has 112 valence electrons. The van der Waals surface area contributed by atoms with Crippen LogP contribution in [0.2, 0.25) is 0 Å². The summed E-state index contributed by atoms with van der Waals surface area (Å²) in [5.41, 5.74) is 4.06. The van der Waals surface area contributed by atoms with Gasteiger partial charge in [0, 0.05) is 11.1 Å². The quantitative estimate of drug-likeness (QED) is 0.682. The Morgan fingerprint density at radius 3 is 2.64 bits per heavy atom. The first-order chi connectivity index (χ1) is 10.4. The van der Waals surface area contributed by atoms with Crippen molar-refractivity contribution in [3.8, 4) is 11.3 Å². The summed E-state index contributed by atoms with van der Waals surface area (Å²) in [4.78, 5) is 25.1. The maximum atomic E-state index is 12.7. The van der Waals surface area contributed by atoms with E-state index in [1.54, 1.807) is 13.0 Å². The zero-order valence-electron chi connectivity index (χ0n) is 13.1. The van der Waals surface area contributed by atoms with Gasteiger partial charge in [0.15, 0.2) is 0 Å². The number of benzene rings is 1. The fourth-order valence-electron chi connectivity index (χ4n) is 3.95. The normalized spacial score (nSPS) is 18.7. The number of carbonyl (C=O) groups excluding carboxylic acids is 2. The average Bonchev–Trinajstić information content (AvgIpc) is 2.85. The Bertz CT molecular complexity index is 837. The van der Waals surface area contributed by atoms with Crippen LogP contribution in [0.1, 0.15) is 64.3 Å². The predicted octanol–water partition coefficient (Wildman–Crippen LogP) is 4.25. The predicted molar refractivity (Wildman–Crippen MR) is 83.5 cm³/mol. The van der Waals surface area contributed by atoms with Crippen LogP contribution in [0.5, 0.6) is 0 Å². The van der Waals surface area contributed by atoms with E-state index >= 15 is 0 Å². The summed E-state index contributed by atoms with van der Waals surface area (Å²) >= 11 is 0. The van der Waals surface area contributed by atoms with E-state index in [9.17, 15) is 9.59 Å². The summed E-state index contributed by atoms with van der Waals surface area (Å²) in [6.45, 7) is 6.21. The number of fused-ring (bicyclic) bond motifs is 5. The van der Waals surface area contributed by atoms with Crippen LogP contribution >= 0.6 is 0 Å². The summed E-state index contributed by atoms with van der Waals surface area (Å²) in [6, 6.07) is 5.73. The lowest BCUT2D eigenvalue weighted by atomic mass is 9.69. The molecule has 4 rings (SSSR count). The number of Topliss-reactive ketones (excluding diaryl/α,β-unsaturated/α-hetero) is 2. The lowest BCUT2D eigenvalue weighted by molar-refractivity contribution is 0.0813.